The van der Waals surface area contributed by atoms with Gasteiger partial charge in [0.05, 0.1) is 14.8 Å². The molecule has 1 aromatic carbocycles. The summed E-state index contributed by atoms with van der Waals surface area (Å²) in [6.07, 6.45) is 1.59. The molecule has 3 rings (SSSR count). The molecule has 0 saturated carbocycles. The van der Waals surface area contributed by atoms with Gasteiger partial charge in [0.25, 0.3) is 10.8 Å². The molecule has 2 aromatic rings. The summed E-state index contributed by atoms with van der Waals surface area (Å²) >= 11 is 12.3. The molecule has 1 amide bonds. The zero-order valence-electron chi connectivity index (χ0n) is 12.2. The highest BCUT2D eigenvalue weighted by atomic mass is 35.5. The number of furan rings is 1. The fourth-order valence-electron chi connectivity index (χ4n) is 2.05. The Labute approximate surface area is 151 Å². The van der Waals surface area contributed by atoms with Gasteiger partial charge < -0.3 is 9.73 Å². The van der Waals surface area contributed by atoms with Gasteiger partial charge in [-0.05, 0) is 18.2 Å². The first-order valence-corrected chi connectivity index (χ1v) is 8.24. The van der Waals surface area contributed by atoms with E-state index in [4.69, 9.17) is 28.2 Å². The largest absolute Gasteiger partial charge is 0.457 e. The molecule has 2 heterocycles. The lowest BCUT2D eigenvalue weighted by Gasteiger charge is -2.00. The SMILES string of the molecule is CO[N+](=O)c1ccc(Cl)c(-c2ccc(/C=C3/SC(=S)NC3=O)o2)c1. The Morgan fingerprint density at radius 2 is 2.17 bits per heavy atom. The Bertz CT molecular complexity index is 891. The molecule has 1 aliphatic heterocycles. The third-order valence-corrected chi connectivity index (χ3v) is 4.63. The van der Waals surface area contributed by atoms with Crippen molar-refractivity contribution in [3.05, 3.63) is 50.9 Å². The van der Waals surface area contributed by atoms with Gasteiger partial charge in [-0.15, -0.1) is 0 Å². The molecule has 1 aromatic heterocycles. The molecule has 0 spiro atoms. The van der Waals surface area contributed by atoms with E-state index in [1.54, 1.807) is 30.3 Å². The van der Waals surface area contributed by atoms with Crippen LogP contribution in [0.3, 0.4) is 0 Å². The van der Waals surface area contributed by atoms with Crippen molar-refractivity contribution in [2.75, 3.05) is 7.11 Å². The molecule has 0 radical (unpaired) electrons. The first-order chi connectivity index (χ1) is 11.5. The summed E-state index contributed by atoms with van der Waals surface area (Å²) in [4.78, 5) is 28.7. The van der Waals surface area contributed by atoms with Crippen LogP contribution in [0.4, 0.5) is 5.69 Å². The molecule has 0 aliphatic carbocycles. The van der Waals surface area contributed by atoms with Gasteiger partial charge in [-0.2, -0.15) is 0 Å². The lowest BCUT2D eigenvalue weighted by Crippen LogP contribution is -2.17. The van der Waals surface area contributed by atoms with Gasteiger partial charge in [0.15, 0.2) is 7.11 Å². The minimum atomic E-state index is -0.259. The summed E-state index contributed by atoms with van der Waals surface area (Å²) in [7, 11) is 1.27. The number of carbonyl (C=O) groups excluding carboxylic acids is 1. The highest BCUT2D eigenvalue weighted by molar-refractivity contribution is 8.26. The number of nitrogens with zero attached hydrogens (tertiary/aromatic N) is 1. The molecule has 6 nitrogen and oxygen atoms in total. The van der Waals surface area contributed by atoms with E-state index in [0.717, 1.165) is 0 Å². The number of hydrogen-bond donors (Lipinski definition) is 1. The number of nitrogens with one attached hydrogen (secondary N) is 1. The van der Waals surface area contributed by atoms with E-state index in [0.29, 0.717) is 36.3 Å². The Balaban J connectivity index is 1.94. The molecular weight excluding hydrogens is 372 g/mol. The summed E-state index contributed by atoms with van der Waals surface area (Å²) in [6, 6.07) is 8.08. The average molecular weight is 382 g/mol. The van der Waals surface area contributed by atoms with Crippen LogP contribution in [-0.2, 0) is 9.63 Å². The van der Waals surface area contributed by atoms with Crippen LogP contribution in [0.15, 0.2) is 39.7 Å². The topological polar surface area (TPSA) is 71.6 Å². The average Bonchev–Trinajstić information content (AvgIpc) is 3.14. The molecule has 1 aliphatic rings. The standard InChI is InChI=1S/C15H9ClN2O4S2/c1-21-18(20)8-2-4-11(16)10(6-8)12-5-3-9(22-12)7-13-14(19)17-15(23)24-13/h2-7H,1H3/p+1/b13-7+. The summed E-state index contributed by atoms with van der Waals surface area (Å²) in [5.41, 5.74) is 0.819. The molecule has 1 saturated heterocycles. The Hall–Kier alpha value is -2.16. The highest BCUT2D eigenvalue weighted by Crippen LogP contribution is 2.34. The van der Waals surface area contributed by atoms with Crippen LogP contribution < -0.4 is 5.32 Å². The maximum absolute atomic E-state index is 11.7. The summed E-state index contributed by atoms with van der Waals surface area (Å²) < 4.78 is 6.11. The molecular formula is C15H10ClN2O4S2+. The minimum Gasteiger partial charge on any atom is -0.457 e. The van der Waals surface area contributed by atoms with Crippen LogP contribution in [0.5, 0.6) is 0 Å². The number of amides is 1. The van der Waals surface area contributed by atoms with Crippen molar-refractivity contribution < 1.29 is 19.0 Å². The van der Waals surface area contributed by atoms with Crippen LogP contribution in [0.1, 0.15) is 5.76 Å². The molecule has 9 heteroatoms. The second-order valence-corrected chi connectivity index (χ2v) is 6.78. The summed E-state index contributed by atoms with van der Waals surface area (Å²) in [5, 5.41) is 2.95. The van der Waals surface area contributed by atoms with Gasteiger partial charge in [-0.1, -0.05) is 35.6 Å². The number of rotatable bonds is 4. The zero-order chi connectivity index (χ0) is 17.3. The second kappa shape index (κ2) is 6.76. The third kappa shape index (κ3) is 3.35. The number of halogens is 1. The molecule has 0 unspecified atom stereocenters. The predicted molar refractivity (Wildman–Crippen MR) is 95.8 cm³/mol. The summed E-state index contributed by atoms with van der Waals surface area (Å²) in [5.74, 6) is 0.675. The van der Waals surface area contributed by atoms with Crippen molar-refractivity contribution in [1.29, 1.82) is 0 Å². The Morgan fingerprint density at radius 1 is 1.38 bits per heavy atom. The van der Waals surface area contributed by atoms with Crippen molar-refractivity contribution >= 4 is 57.6 Å². The molecule has 0 atom stereocenters. The fraction of sp³-hybridized carbons (Fsp3) is 0.0667. The lowest BCUT2D eigenvalue weighted by molar-refractivity contribution is -0.736. The van der Waals surface area contributed by atoms with E-state index in [2.05, 4.69) is 10.2 Å². The van der Waals surface area contributed by atoms with E-state index in [1.807, 2.05) is 0 Å². The van der Waals surface area contributed by atoms with Crippen LogP contribution in [0, 0.1) is 4.91 Å². The van der Waals surface area contributed by atoms with Crippen molar-refractivity contribution in [3.63, 3.8) is 0 Å². The molecule has 1 N–H and O–H groups in total. The third-order valence-electron chi connectivity index (χ3n) is 3.13. The van der Waals surface area contributed by atoms with Crippen LogP contribution in [-0.4, -0.2) is 22.3 Å². The minimum absolute atomic E-state index is 0.259. The van der Waals surface area contributed by atoms with Crippen molar-refractivity contribution in [2.45, 2.75) is 0 Å². The fourth-order valence-corrected chi connectivity index (χ4v) is 3.28. The number of thiocarbonyl (C=S) groups is 1. The van der Waals surface area contributed by atoms with E-state index in [9.17, 15) is 9.70 Å². The molecule has 24 heavy (non-hydrogen) atoms. The number of carbonyl (C=O) groups is 1. The molecule has 122 valence electrons. The van der Waals surface area contributed by atoms with Gasteiger partial charge in [0.1, 0.15) is 15.8 Å². The van der Waals surface area contributed by atoms with Gasteiger partial charge in [0.2, 0.25) is 0 Å². The zero-order valence-corrected chi connectivity index (χ0v) is 14.6. The van der Waals surface area contributed by atoms with Crippen LogP contribution >= 0.6 is 35.6 Å². The van der Waals surface area contributed by atoms with E-state index < -0.39 is 0 Å². The number of hydrogen-bond acceptors (Lipinski definition) is 6. The quantitative estimate of drug-likeness (QED) is 0.489. The van der Waals surface area contributed by atoms with Crippen LogP contribution in [0.2, 0.25) is 5.02 Å². The Kier molecular flexibility index (Phi) is 4.70. The second-order valence-electron chi connectivity index (χ2n) is 4.66. The monoisotopic (exact) mass is 381 g/mol. The molecule has 0 bridgehead atoms. The van der Waals surface area contributed by atoms with Gasteiger partial charge in [-0.25, -0.2) is 4.84 Å². The maximum Gasteiger partial charge on any atom is 0.317 e. The van der Waals surface area contributed by atoms with Gasteiger partial charge in [-0.3, -0.25) is 4.79 Å². The smallest absolute Gasteiger partial charge is 0.317 e. The van der Waals surface area contributed by atoms with E-state index >= 15 is 0 Å². The lowest BCUT2D eigenvalue weighted by atomic mass is 10.1. The number of thioether (sulfide) groups is 1. The van der Waals surface area contributed by atoms with Crippen molar-refractivity contribution in [3.8, 4) is 11.3 Å². The van der Waals surface area contributed by atoms with Gasteiger partial charge >= 0.3 is 5.69 Å². The summed E-state index contributed by atoms with van der Waals surface area (Å²) in [6.45, 7) is 0. The van der Waals surface area contributed by atoms with Crippen molar-refractivity contribution in [1.82, 2.24) is 5.32 Å². The Morgan fingerprint density at radius 3 is 2.83 bits per heavy atom. The maximum atomic E-state index is 11.7. The predicted octanol–water partition coefficient (Wildman–Crippen LogP) is 4.06. The van der Waals surface area contributed by atoms with E-state index in [-0.39, 0.29) is 11.6 Å². The molecule has 1 fully saturated rings. The first kappa shape index (κ1) is 16.7. The van der Waals surface area contributed by atoms with Crippen molar-refractivity contribution in [2.24, 2.45) is 0 Å². The highest BCUT2D eigenvalue weighted by Gasteiger charge is 2.23. The number of benzene rings is 1. The first-order valence-electron chi connectivity index (χ1n) is 6.64. The normalized spacial score (nSPS) is 15.7. The van der Waals surface area contributed by atoms with Crippen LogP contribution in [0.25, 0.3) is 17.4 Å². The van der Waals surface area contributed by atoms with Gasteiger partial charge in [0, 0.05) is 23.8 Å². The van der Waals surface area contributed by atoms with E-state index in [1.165, 1.54) is 24.9 Å².